The van der Waals surface area contributed by atoms with Gasteiger partial charge in [-0.05, 0) is 56.3 Å². The fourth-order valence-corrected chi connectivity index (χ4v) is 3.09. The van der Waals surface area contributed by atoms with Crippen molar-refractivity contribution in [2.45, 2.75) is 26.9 Å². The number of carbonyl (C=O) groups excluding carboxylic acids is 3. The van der Waals surface area contributed by atoms with Gasteiger partial charge in [0, 0.05) is 0 Å². The normalized spacial score (nSPS) is 15.7. The van der Waals surface area contributed by atoms with Gasteiger partial charge in [-0.25, -0.2) is 0 Å². The Morgan fingerprint density at radius 2 is 2.00 bits per heavy atom. The smallest absolute Gasteiger partial charge is 0.326 e. The van der Waals surface area contributed by atoms with Crippen molar-refractivity contribution in [1.82, 2.24) is 4.90 Å². The number of amides is 2. The van der Waals surface area contributed by atoms with Crippen molar-refractivity contribution in [3.63, 3.8) is 0 Å². The van der Waals surface area contributed by atoms with Crippen molar-refractivity contribution in [3.8, 4) is 11.5 Å². The Labute approximate surface area is 156 Å². The zero-order chi connectivity index (χ0) is 19.3. The van der Waals surface area contributed by atoms with E-state index in [1.165, 1.54) is 7.11 Å². The molecule has 0 bridgehead atoms. The third-order valence-corrected chi connectivity index (χ3v) is 4.22. The fraction of sp³-hybridized carbons (Fsp3) is 0.389. The number of benzene rings is 1. The van der Waals surface area contributed by atoms with E-state index < -0.39 is 17.1 Å². The summed E-state index contributed by atoms with van der Waals surface area (Å²) in [5.41, 5.74) is 0.680. The number of ether oxygens (including phenoxy) is 3. The van der Waals surface area contributed by atoms with E-state index in [0.717, 1.165) is 16.7 Å². The molecule has 0 unspecified atom stereocenters. The van der Waals surface area contributed by atoms with E-state index in [1.54, 1.807) is 31.2 Å². The number of esters is 1. The average Bonchev–Trinajstić information content (AvgIpc) is 2.83. The van der Waals surface area contributed by atoms with Crippen molar-refractivity contribution in [1.29, 1.82) is 0 Å². The van der Waals surface area contributed by atoms with Gasteiger partial charge < -0.3 is 14.2 Å². The molecule has 8 heteroatoms. The minimum absolute atomic E-state index is 0.00544. The molecule has 0 aromatic heterocycles. The molecule has 1 aromatic carbocycles. The number of hydrogen-bond donors (Lipinski definition) is 0. The molecule has 1 saturated heterocycles. The molecule has 7 nitrogen and oxygen atoms in total. The lowest BCUT2D eigenvalue weighted by Gasteiger charge is -2.14. The number of imide groups is 1. The van der Waals surface area contributed by atoms with Gasteiger partial charge in [0.15, 0.2) is 11.5 Å². The summed E-state index contributed by atoms with van der Waals surface area (Å²) >= 11 is 0.784. The van der Waals surface area contributed by atoms with Crippen molar-refractivity contribution in [2.24, 2.45) is 0 Å². The molecule has 1 aliphatic heterocycles. The van der Waals surface area contributed by atoms with Gasteiger partial charge in [-0.2, -0.15) is 0 Å². The molecule has 0 atom stereocenters. The summed E-state index contributed by atoms with van der Waals surface area (Å²) in [6.07, 6.45) is 1.58. The Morgan fingerprint density at radius 3 is 2.62 bits per heavy atom. The van der Waals surface area contributed by atoms with E-state index in [9.17, 15) is 14.4 Å². The molecular weight excluding hydrogens is 358 g/mol. The Kier molecular flexibility index (Phi) is 6.68. The topological polar surface area (TPSA) is 82.1 Å². The van der Waals surface area contributed by atoms with Gasteiger partial charge in [-0.15, -0.1) is 0 Å². The van der Waals surface area contributed by atoms with Crippen LogP contribution in [0.3, 0.4) is 0 Å². The first-order chi connectivity index (χ1) is 12.3. The van der Waals surface area contributed by atoms with Gasteiger partial charge in [0.05, 0.1) is 24.7 Å². The van der Waals surface area contributed by atoms with Crippen molar-refractivity contribution < 1.29 is 28.6 Å². The van der Waals surface area contributed by atoms with E-state index in [1.807, 2.05) is 13.8 Å². The lowest BCUT2D eigenvalue weighted by Crippen LogP contribution is -2.34. The van der Waals surface area contributed by atoms with Crippen molar-refractivity contribution >= 4 is 35.0 Å². The first-order valence-corrected chi connectivity index (χ1v) is 8.93. The van der Waals surface area contributed by atoms with Gasteiger partial charge >= 0.3 is 5.97 Å². The zero-order valence-electron chi connectivity index (χ0n) is 15.1. The van der Waals surface area contributed by atoms with Crippen LogP contribution in [0.25, 0.3) is 6.08 Å². The summed E-state index contributed by atoms with van der Waals surface area (Å²) in [7, 11) is 1.53. The van der Waals surface area contributed by atoms with Crippen LogP contribution in [0.4, 0.5) is 4.79 Å². The molecule has 1 heterocycles. The van der Waals surface area contributed by atoms with Crippen LogP contribution in [0.5, 0.6) is 11.5 Å². The SMILES string of the molecule is CCOC(=O)CN1C(=O)S/C(=C\c2ccc(OC(C)C)c(OC)c2)C1=O. The molecular formula is C18H21NO6S. The number of hydrogen-bond acceptors (Lipinski definition) is 7. The predicted octanol–water partition coefficient (Wildman–Crippen LogP) is 3.08. The summed E-state index contributed by atoms with van der Waals surface area (Å²) in [6.45, 7) is 5.28. The summed E-state index contributed by atoms with van der Waals surface area (Å²) in [6, 6.07) is 5.23. The van der Waals surface area contributed by atoms with E-state index >= 15 is 0 Å². The van der Waals surface area contributed by atoms with Crippen LogP contribution in [0.2, 0.25) is 0 Å². The first-order valence-electron chi connectivity index (χ1n) is 8.11. The molecule has 0 N–H and O–H groups in total. The lowest BCUT2D eigenvalue weighted by molar-refractivity contribution is -0.145. The Hall–Kier alpha value is -2.48. The maximum atomic E-state index is 12.4. The number of nitrogens with zero attached hydrogens (tertiary/aromatic N) is 1. The van der Waals surface area contributed by atoms with Gasteiger partial charge in [-0.1, -0.05) is 6.07 Å². The average molecular weight is 379 g/mol. The molecule has 26 heavy (non-hydrogen) atoms. The van der Waals surface area contributed by atoms with Crippen LogP contribution in [0.15, 0.2) is 23.1 Å². The van der Waals surface area contributed by atoms with Crippen LogP contribution in [-0.2, 0) is 14.3 Å². The highest BCUT2D eigenvalue weighted by Crippen LogP contribution is 2.34. The minimum atomic E-state index is -0.618. The Morgan fingerprint density at radius 1 is 1.27 bits per heavy atom. The highest BCUT2D eigenvalue weighted by molar-refractivity contribution is 8.18. The van der Waals surface area contributed by atoms with Crippen LogP contribution < -0.4 is 9.47 Å². The molecule has 0 saturated carbocycles. The zero-order valence-corrected chi connectivity index (χ0v) is 15.9. The molecule has 0 aliphatic carbocycles. The molecule has 2 amide bonds. The van der Waals surface area contributed by atoms with Gasteiger partial charge in [0.1, 0.15) is 6.54 Å². The Balaban J connectivity index is 2.20. The van der Waals surface area contributed by atoms with E-state index in [4.69, 9.17) is 14.2 Å². The quantitative estimate of drug-likeness (QED) is 0.532. The number of carbonyl (C=O) groups is 3. The monoisotopic (exact) mass is 379 g/mol. The largest absolute Gasteiger partial charge is 0.493 e. The fourth-order valence-electron chi connectivity index (χ4n) is 2.25. The summed E-state index contributed by atoms with van der Waals surface area (Å²) < 4.78 is 15.8. The van der Waals surface area contributed by atoms with E-state index in [0.29, 0.717) is 17.1 Å². The van der Waals surface area contributed by atoms with Gasteiger partial charge in [0.25, 0.3) is 11.1 Å². The molecule has 1 aromatic rings. The molecule has 1 fully saturated rings. The summed E-state index contributed by atoms with van der Waals surface area (Å²) in [5.74, 6) is -0.0179. The van der Waals surface area contributed by atoms with Crippen LogP contribution in [-0.4, -0.2) is 48.4 Å². The highest BCUT2D eigenvalue weighted by atomic mass is 32.2. The second kappa shape index (κ2) is 8.75. The third-order valence-electron chi connectivity index (χ3n) is 3.31. The third kappa shape index (κ3) is 4.78. The molecule has 0 spiro atoms. The second-order valence-electron chi connectivity index (χ2n) is 5.65. The van der Waals surface area contributed by atoms with E-state index in [2.05, 4.69) is 0 Å². The molecule has 1 aliphatic rings. The van der Waals surface area contributed by atoms with Crippen molar-refractivity contribution in [3.05, 3.63) is 28.7 Å². The van der Waals surface area contributed by atoms with E-state index in [-0.39, 0.29) is 24.2 Å². The first kappa shape index (κ1) is 19.8. The second-order valence-corrected chi connectivity index (χ2v) is 6.64. The minimum Gasteiger partial charge on any atom is -0.493 e. The predicted molar refractivity (Wildman–Crippen MR) is 98.1 cm³/mol. The number of thioether (sulfide) groups is 1. The molecule has 140 valence electrons. The molecule has 0 radical (unpaired) electrons. The summed E-state index contributed by atoms with van der Waals surface area (Å²) in [4.78, 5) is 37.0. The number of methoxy groups -OCH3 is 1. The number of rotatable bonds is 7. The van der Waals surface area contributed by atoms with Crippen LogP contribution in [0.1, 0.15) is 26.3 Å². The maximum Gasteiger partial charge on any atom is 0.326 e. The Bertz CT molecular complexity index is 743. The van der Waals surface area contributed by atoms with Gasteiger partial charge in [-0.3, -0.25) is 19.3 Å². The standard InChI is InChI=1S/C18H21NO6S/c1-5-24-16(20)10-19-17(21)15(26-18(19)22)9-12-6-7-13(25-11(2)3)14(8-12)23-4/h6-9,11H,5,10H2,1-4H3/b15-9-. The maximum absolute atomic E-state index is 12.4. The summed E-state index contributed by atoms with van der Waals surface area (Å²) in [5, 5.41) is -0.499. The van der Waals surface area contributed by atoms with Crippen LogP contribution in [0, 0.1) is 0 Å². The molecule has 2 rings (SSSR count). The van der Waals surface area contributed by atoms with Gasteiger partial charge in [0.2, 0.25) is 0 Å². The van der Waals surface area contributed by atoms with Crippen molar-refractivity contribution in [2.75, 3.05) is 20.3 Å². The van der Waals surface area contributed by atoms with Crippen LogP contribution >= 0.6 is 11.8 Å². The highest BCUT2D eigenvalue weighted by Gasteiger charge is 2.36. The lowest BCUT2D eigenvalue weighted by atomic mass is 10.2.